The summed E-state index contributed by atoms with van der Waals surface area (Å²) in [6.07, 6.45) is 0. The summed E-state index contributed by atoms with van der Waals surface area (Å²) in [4.78, 5) is 23.5. The van der Waals surface area contributed by atoms with Crippen molar-refractivity contribution in [2.75, 3.05) is 0 Å². The molecule has 5 nitrogen and oxygen atoms in total. The fraction of sp³-hybridized carbons (Fsp3) is 0.833. The molecule has 0 fully saturated rings. The van der Waals surface area contributed by atoms with E-state index < -0.39 is 28.7 Å². The highest BCUT2D eigenvalue weighted by atomic mass is 16.6. The molecule has 0 aromatic heterocycles. The van der Waals surface area contributed by atoms with E-state index in [9.17, 15) is 9.59 Å². The predicted molar refractivity (Wildman–Crippen MR) is 64.3 cm³/mol. The van der Waals surface area contributed by atoms with Gasteiger partial charge in [0.2, 0.25) is 5.54 Å². The van der Waals surface area contributed by atoms with Gasteiger partial charge in [-0.05, 0) is 48.5 Å². The number of carbonyl (C=O) groups is 2. The van der Waals surface area contributed by atoms with Gasteiger partial charge in [-0.3, -0.25) is 0 Å². The zero-order chi connectivity index (χ0) is 14.1. The Morgan fingerprint density at radius 1 is 0.765 bits per heavy atom. The third kappa shape index (κ3) is 5.68. The van der Waals surface area contributed by atoms with E-state index in [1.807, 2.05) is 0 Å². The monoisotopic (exact) mass is 245 g/mol. The second-order valence-electron chi connectivity index (χ2n) is 6.21. The van der Waals surface area contributed by atoms with Crippen molar-refractivity contribution in [2.24, 2.45) is 5.73 Å². The molecule has 0 atom stereocenters. The van der Waals surface area contributed by atoms with Gasteiger partial charge in [0.25, 0.3) is 0 Å². The van der Waals surface area contributed by atoms with Gasteiger partial charge in [0.05, 0.1) is 0 Å². The Morgan fingerprint density at radius 2 is 1.00 bits per heavy atom. The summed E-state index contributed by atoms with van der Waals surface area (Å²) in [5.74, 6) is -1.58. The van der Waals surface area contributed by atoms with Crippen molar-refractivity contribution in [3.63, 3.8) is 0 Å². The first-order valence-electron chi connectivity index (χ1n) is 5.51. The molecule has 0 spiro atoms. The highest BCUT2D eigenvalue weighted by Gasteiger charge is 2.43. The van der Waals surface area contributed by atoms with Crippen LogP contribution in [0.4, 0.5) is 0 Å². The first kappa shape index (κ1) is 15.9. The molecule has 0 bridgehead atoms. The summed E-state index contributed by atoms with van der Waals surface area (Å²) < 4.78 is 10.1. The van der Waals surface area contributed by atoms with E-state index in [2.05, 4.69) is 0 Å². The van der Waals surface area contributed by atoms with E-state index in [0.29, 0.717) is 0 Å². The fourth-order valence-corrected chi connectivity index (χ4v) is 0.852. The van der Waals surface area contributed by atoms with Crippen LogP contribution in [0.3, 0.4) is 0 Å². The second-order valence-corrected chi connectivity index (χ2v) is 6.21. The maximum Gasteiger partial charge on any atom is 0.338 e. The molecule has 5 heteroatoms. The lowest BCUT2D eigenvalue weighted by Gasteiger charge is -2.29. The van der Waals surface area contributed by atoms with Gasteiger partial charge in [0, 0.05) is 0 Å². The van der Waals surface area contributed by atoms with Crippen LogP contribution in [-0.4, -0.2) is 28.7 Å². The van der Waals surface area contributed by atoms with Gasteiger partial charge in [-0.15, -0.1) is 0 Å². The molecule has 0 aliphatic rings. The van der Waals surface area contributed by atoms with Crippen LogP contribution in [-0.2, 0) is 19.1 Å². The van der Waals surface area contributed by atoms with Crippen molar-refractivity contribution < 1.29 is 19.1 Å². The van der Waals surface area contributed by atoms with Crippen LogP contribution in [0.15, 0.2) is 0 Å². The molecule has 0 aliphatic carbocycles. The zero-order valence-electron chi connectivity index (χ0n) is 11.7. The van der Waals surface area contributed by atoms with Gasteiger partial charge in [-0.1, -0.05) is 0 Å². The van der Waals surface area contributed by atoms with Gasteiger partial charge < -0.3 is 15.2 Å². The molecule has 100 valence electrons. The summed E-state index contributed by atoms with van der Waals surface area (Å²) in [6.45, 7) is 11.5. The van der Waals surface area contributed by atoms with E-state index in [0.717, 1.165) is 0 Å². The van der Waals surface area contributed by atoms with Crippen LogP contribution in [0.1, 0.15) is 48.5 Å². The van der Waals surface area contributed by atoms with Crippen molar-refractivity contribution >= 4 is 11.9 Å². The normalized spacial score (nSPS) is 13.2. The van der Waals surface area contributed by atoms with Crippen molar-refractivity contribution in [1.29, 1.82) is 0 Å². The number of ether oxygens (including phenoxy) is 2. The lowest BCUT2D eigenvalue weighted by atomic mass is 10.0. The summed E-state index contributed by atoms with van der Waals surface area (Å²) in [6, 6.07) is 0. The standard InChI is InChI=1S/C12H23NO4/c1-10(2,3)16-8(14)12(7,13)9(15)17-11(4,5)6/h13H2,1-7H3. The smallest absolute Gasteiger partial charge is 0.338 e. The number of hydrogen-bond acceptors (Lipinski definition) is 5. The van der Waals surface area contributed by atoms with Crippen LogP contribution in [0.5, 0.6) is 0 Å². The topological polar surface area (TPSA) is 78.6 Å². The lowest BCUT2D eigenvalue weighted by Crippen LogP contribution is -2.56. The third-order valence-corrected chi connectivity index (χ3v) is 1.65. The largest absolute Gasteiger partial charge is 0.458 e. The van der Waals surface area contributed by atoms with E-state index in [1.54, 1.807) is 41.5 Å². The summed E-state index contributed by atoms with van der Waals surface area (Å²) >= 11 is 0. The number of rotatable bonds is 2. The minimum atomic E-state index is -1.79. The molecule has 2 N–H and O–H groups in total. The molecule has 0 radical (unpaired) electrons. The number of nitrogens with two attached hydrogens (primary N) is 1. The molecule has 0 rings (SSSR count). The van der Waals surface area contributed by atoms with Crippen molar-refractivity contribution in [2.45, 2.75) is 65.2 Å². The molecule has 0 unspecified atom stereocenters. The van der Waals surface area contributed by atoms with E-state index >= 15 is 0 Å². The molecule has 0 saturated carbocycles. The minimum absolute atomic E-state index is 0.695. The maximum atomic E-state index is 11.8. The number of esters is 2. The highest BCUT2D eigenvalue weighted by Crippen LogP contribution is 2.17. The van der Waals surface area contributed by atoms with Crippen LogP contribution in [0.2, 0.25) is 0 Å². The summed E-state index contributed by atoms with van der Waals surface area (Å²) in [5.41, 5.74) is 2.49. The Kier molecular flexibility index (Phi) is 4.34. The molecule has 0 aromatic rings. The molecular weight excluding hydrogens is 222 g/mol. The Morgan fingerprint density at radius 3 is 1.18 bits per heavy atom. The Bertz CT molecular complexity index is 277. The highest BCUT2D eigenvalue weighted by molar-refractivity contribution is 6.04. The summed E-state index contributed by atoms with van der Waals surface area (Å²) in [7, 11) is 0. The Balaban J connectivity index is 4.78. The SMILES string of the molecule is CC(C)(C)OC(=O)C(C)(N)C(=O)OC(C)(C)C. The van der Waals surface area contributed by atoms with Gasteiger partial charge >= 0.3 is 11.9 Å². The predicted octanol–water partition coefficient (Wildman–Crippen LogP) is 1.39. The Hall–Kier alpha value is -1.10. The average molecular weight is 245 g/mol. The molecule has 0 saturated heterocycles. The van der Waals surface area contributed by atoms with Crippen molar-refractivity contribution in [3.05, 3.63) is 0 Å². The maximum absolute atomic E-state index is 11.8. The van der Waals surface area contributed by atoms with Crippen molar-refractivity contribution in [3.8, 4) is 0 Å². The first-order valence-corrected chi connectivity index (χ1v) is 5.51. The fourth-order valence-electron chi connectivity index (χ4n) is 0.852. The van der Waals surface area contributed by atoms with E-state index in [4.69, 9.17) is 15.2 Å². The van der Waals surface area contributed by atoms with Gasteiger partial charge in [0.1, 0.15) is 11.2 Å². The molecule has 0 heterocycles. The summed E-state index contributed by atoms with van der Waals surface area (Å²) in [5, 5.41) is 0. The zero-order valence-corrected chi connectivity index (χ0v) is 11.7. The molecule has 0 amide bonds. The number of carbonyl (C=O) groups excluding carboxylic acids is 2. The van der Waals surface area contributed by atoms with E-state index in [1.165, 1.54) is 6.92 Å². The number of hydrogen-bond donors (Lipinski definition) is 1. The average Bonchev–Trinajstić information content (AvgIpc) is 1.96. The van der Waals surface area contributed by atoms with Crippen LogP contribution in [0, 0.1) is 0 Å². The molecular formula is C12H23NO4. The second kappa shape index (κ2) is 4.64. The molecule has 0 aliphatic heterocycles. The first-order chi connectivity index (χ1) is 7.26. The quantitative estimate of drug-likeness (QED) is 0.587. The van der Waals surface area contributed by atoms with E-state index in [-0.39, 0.29) is 0 Å². The Labute approximate surface area is 103 Å². The van der Waals surface area contributed by atoms with Gasteiger partial charge in [0.15, 0.2) is 0 Å². The van der Waals surface area contributed by atoms with Crippen molar-refractivity contribution in [1.82, 2.24) is 0 Å². The van der Waals surface area contributed by atoms with Gasteiger partial charge in [-0.2, -0.15) is 0 Å². The third-order valence-electron chi connectivity index (χ3n) is 1.65. The molecule has 0 aromatic carbocycles. The van der Waals surface area contributed by atoms with Gasteiger partial charge in [-0.25, -0.2) is 9.59 Å². The lowest BCUT2D eigenvalue weighted by molar-refractivity contribution is -0.175. The van der Waals surface area contributed by atoms with Crippen LogP contribution < -0.4 is 5.73 Å². The molecule has 17 heavy (non-hydrogen) atoms. The van der Waals surface area contributed by atoms with Crippen LogP contribution >= 0.6 is 0 Å². The van der Waals surface area contributed by atoms with Crippen LogP contribution in [0.25, 0.3) is 0 Å². The minimum Gasteiger partial charge on any atom is -0.458 e.